The highest BCUT2D eigenvalue weighted by Gasteiger charge is 2.38. The molecule has 2 atom stereocenters. The SMILES string of the molecule is O=S1(=O)CCCC1c1nnc2n1C(O)CCC2. The van der Waals surface area contributed by atoms with Gasteiger partial charge in [-0.2, -0.15) is 0 Å². The minimum absolute atomic E-state index is 0.218. The molecule has 2 aliphatic heterocycles. The van der Waals surface area contributed by atoms with Crippen LogP contribution in [-0.2, 0) is 16.3 Å². The molecule has 0 radical (unpaired) electrons. The van der Waals surface area contributed by atoms with Crippen molar-refractivity contribution >= 4 is 9.84 Å². The monoisotopic (exact) mass is 257 g/mol. The fourth-order valence-electron chi connectivity index (χ4n) is 2.71. The summed E-state index contributed by atoms with van der Waals surface area (Å²) in [6.07, 6.45) is 2.87. The van der Waals surface area contributed by atoms with Crippen molar-refractivity contribution in [3.63, 3.8) is 0 Å². The number of fused-ring (bicyclic) bond motifs is 1. The van der Waals surface area contributed by atoms with E-state index in [1.165, 1.54) is 0 Å². The molecule has 0 spiro atoms. The lowest BCUT2D eigenvalue weighted by Gasteiger charge is -2.22. The summed E-state index contributed by atoms with van der Waals surface area (Å²) in [6.45, 7) is 0. The number of sulfone groups is 1. The van der Waals surface area contributed by atoms with Crippen LogP contribution in [-0.4, -0.2) is 34.0 Å². The minimum Gasteiger partial charge on any atom is -0.373 e. The van der Waals surface area contributed by atoms with Crippen molar-refractivity contribution in [2.45, 2.75) is 43.6 Å². The van der Waals surface area contributed by atoms with Gasteiger partial charge in [0.15, 0.2) is 15.7 Å². The van der Waals surface area contributed by atoms with Gasteiger partial charge in [0, 0.05) is 6.42 Å². The minimum atomic E-state index is -3.10. The van der Waals surface area contributed by atoms with E-state index in [2.05, 4.69) is 10.2 Å². The Balaban J connectivity index is 2.07. The zero-order valence-corrected chi connectivity index (χ0v) is 10.2. The Morgan fingerprint density at radius 3 is 2.76 bits per heavy atom. The molecule has 2 unspecified atom stereocenters. The fraction of sp³-hybridized carbons (Fsp3) is 0.800. The van der Waals surface area contributed by atoms with Crippen LogP contribution >= 0.6 is 0 Å². The van der Waals surface area contributed by atoms with Crippen molar-refractivity contribution in [3.05, 3.63) is 11.6 Å². The van der Waals surface area contributed by atoms with Gasteiger partial charge in [0.2, 0.25) is 0 Å². The first-order valence-electron chi connectivity index (χ1n) is 5.93. The largest absolute Gasteiger partial charge is 0.373 e. The predicted octanol–water partition coefficient (Wildman–Crippen LogP) is 0.355. The van der Waals surface area contributed by atoms with Crippen LogP contribution in [0.15, 0.2) is 0 Å². The highest BCUT2D eigenvalue weighted by molar-refractivity contribution is 7.91. The maximum atomic E-state index is 11.9. The molecule has 0 amide bonds. The Hall–Kier alpha value is -0.950. The van der Waals surface area contributed by atoms with E-state index in [-0.39, 0.29) is 5.75 Å². The molecule has 17 heavy (non-hydrogen) atoms. The Bertz CT molecular complexity index is 537. The molecule has 3 rings (SSSR count). The van der Waals surface area contributed by atoms with Crippen LogP contribution in [0.5, 0.6) is 0 Å². The van der Waals surface area contributed by atoms with Crippen molar-refractivity contribution in [2.24, 2.45) is 0 Å². The second-order valence-corrected chi connectivity index (χ2v) is 7.02. The fourth-order valence-corrected chi connectivity index (χ4v) is 4.57. The van der Waals surface area contributed by atoms with Crippen LogP contribution in [0.25, 0.3) is 0 Å². The maximum absolute atomic E-state index is 11.9. The molecule has 3 heterocycles. The molecule has 1 aromatic heterocycles. The third kappa shape index (κ3) is 1.68. The van der Waals surface area contributed by atoms with Gasteiger partial charge >= 0.3 is 0 Å². The van der Waals surface area contributed by atoms with Gasteiger partial charge in [-0.05, 0) is 25.7 Å². The van der Waals surface area contributed by atoms with E-state index >= 15 is 0 Å². The molecule has 0 aromatic carbocycles. The quantitative estimate of drug-likeness (QED) is 0.785. The van der Waals surface area contributed by atoms with E-state index in [1.807, 2.05) is 0 Å². The van der Waals surface area contributed by atoms with Crippen LogP contribution in [0.1, 0.15) is 48.8 Å². The summed E-state index contributed by atoms with van der Waals surface area (Å²) in [6, 6.07) is 0. The number of rotatable bonds is 1. The molecule has 1 N–H and O–H groups in total. The van der Waals surface area contributed by atoms with E-state index in [0.29, 0.717) is 30.9 Å². The topological polar surface area (TPSA) is 85.1 Å². The summed E-state index contributed by atoms with van der Waals surface area (Å²) in [5, 5.41) is 17.4. The highest BCUT2D eigenvalue weighted by atomic mass is 32.2. The number of aliphatic hydroxyl groups excluding tert-OH is 1. The standard InChI is InChI=1S/C10H15N3O3S/c14-9-5-1-4-8-11-12-10(13(8)9)7-3-2-6-17(7,15)16/h7,9,14H,1-6H2. The van der Waals surface area contributed by atoms with Gasteiger partial charge in [-0.3, -0.25) is 4.57 Å². The Morgan fingerprint density at radius 2 is 2.06 bits per heavy atom. The van der Waals surface area contributed by atoms with Crippen LogP contribution in [0.4, 0.5) is 0 Å². The first-order chi connectivity index (χ1) is 8.09. The van der Waals surface area contributed by atoms with E-state index in [0.717, 1.165) is 12.8 Å². The molecular formula is C10H15N3O3S. The van der Waals surface area contributed by atoms with Crippen LogP contribution in [0, 0.1) is 0 Å². The lowest BCUT2D eigenvalue weighted by molar-refractivity contribution is 0.0747. The third-order valence-electron chi connectivity index (χ3n) is 3.57. The molecule has 7 heteroatoms. The first-order valence-corrected chi connectivity index (χ1v) is 7.64. The van der Waals surface area contributed by atoms with Gasteiger partial charge in [-0.1, -0.05) is 0 Å². The second-order valence-electron chi connectivity index (χ2n) is 4.72. The zero-order chi connectivity index (χ0) is 12.0. The molecule has 1 aromatic rings. The molecule has 2 aliphatic rings. The van der Waals surface area contributed by atoms with Crippen LogP contribution < -0.4 is 0 Å². The van der Waals surface area contributed by atoms with Gasteiger partial charge in [0.1, 0.15) is 17.3 Å². The number of aromatic nitrogens is 3. The third-order valence-corrected chi connectivity index (χ3v) is 5.74. The van der Waals surface area contributed by atoms with Gasteiger partial charge in [0.05, 0.1) is 5.75 Å². The Morgan fingerprint density at radius 1 is 1.24 bits per heavy atom. The molecule has 94 valence electrons. The molecule has 1 fully saturated rings. The normalized spacial score (nSPS) is 31.4. The Labute approximate surface area is 99.6 Å². The van der Waals surface area contributed by atoms with Crippen molar-refractivity contribution in [1.82, 2.24) is 14.8 Å². The predicted molar refractivity (Wildman–Crippen MR) is 60.0 cm³/mol. The van der Waals surface area contributed by atoms with Gasteiger partial charge in [0.25, 0.3) is 0 Å². The average molecular weight is 257 g/mol. The number of aryl methyl sites for hydroxylation is 1. The van der Waals surface area contributed by atoms with Crippen LogP contribution in [0.2, 0.25) is 0 Å². The van der Waals surface area contributed by atoms with Crippen molar-refractivity contribution in [3.8, 4) is 0 Å². The van der Waals surface area contributed by atoms with E-state index in [9.17, 15) is 13.5 Å². The van der Waals surface area contributed by atoms with Crippen molar-refractivity contribution in [1.29, 1.82) is 0 Å². The molecule has 0 saturated carbocycles. The molecule has 0 bridgehead atoms. The lowest BCUT2D eigenvalue weighted by atomic mass is 10.1. The Kier molecular flexibility index (Phi) is 2.48. The zero-order valence-electron chi connectivity index (χ0n) is 9.41. The second kappa shape index (κ2) is 3.78. The smallest absolute Gasteiger partial charge is 0.160 e. The highest BCUT2D eigenvalue weighted by Crippen LogP contribution is 2.36. The molecule has 6 nitrogen and oxygen atoms in total. The number of aliphatic hydroxyl groups is 1. The maximum Gasteiger partial charge on any atom is 0.160 e. The summed E-state index contributed by atoms with van der Waals surface area (Å²) in [5.74, 6) is 1.36. The lowest BCUT2D eigenvalue weighted by Crippen LogP contribution is -2.22. The van der Waals surface area contributed by atoms with Gasteiger partial charge in [-0.15, -0.1) is 10.2 Å². The van der Waals surface area contributed by atoms with Crippen molar-refractivity contribution < 1.29 is 13.5 Å². The summed E-state index contributed by atoms with van der Waals surface area (Å²) in [4.78, 5) is 0. The summed E-state index contributed by atoms with van der Waals surface area (Å²) >= 11 is 0. The molecule has 1 saturated heterocycles. The van der Waals surface area contributed by atoms with Gasteiger partial charge in [-0.25, -0.2) is 8.42 Å². The number of hydrogen-bond donors (Lipinski definition) is 1. The van der Waals surface area contributed by atoms with E-state index in [4.69, 9.17) is 0 Å². The summed E-state index contributed by atoms with van der Waals surface area (Å²) in [5.41, 5.74) is 0. The first kappa shape index (κ1) is 11.2. The van der Waals surface area contributed by atoms with E-state index < -0.39 is 21.3 Å². The van der Waals surface area contributed by atoms with Crippen molar-refractivity contribution in [2.75, 3.05) is 5.75 Å². The molecule has 0 aliphatic carbocycles. The summed E-state index contributed by atoms with van der Waals surface area (Å²) in [7, 11) is -3.10. The van der Waals surface area contributed by atoms with Gasteiger partial charge < -0.3 is 5.11 Å². The average Bonchev–Trinajstić information content (AvgIpc) is 2.82. The van der Waals surface area contributed by atoms with E-state index in [1.54, 1.807) is 4.57 Å². The molecular weight excluding hydrogens is 242 g/mol. The van der Waals surface area contributed by atoms with Crippen LogP contribution in [0.3, 0.4) is 0 Å². The number of nitrogens with zero attached hydrogens (tertiary/aromatic N) is 3. The number of hydrogen-bond acceptors (Lipinski definition) is 5. The summed E-state index contributed by atoms with van der Waals surface area (Å²) < 4.78 is 25.4.